The molecule has 0 heterocycles. The smallest absolute Gasteiger partial charge is 0.726 e. The second-order valence-electron chi connectivity index (χ2n) is 12.3. The molecule has 0 bridgehead atoms. The maximum absolute atomic E-state index is 10.9. The van der Waals surface area contributed by atoms with E-state index in [1.807, 2.05) is 0 Å². The van der Waals surface area contributed by atoms with Gasteiger partial charge in [0.1, 0.15) is 0 Å². The van der Waals surface area contributed by atoms with Gasteiger partial charge in [-0.15, -0.1) is 0 Å². The maximum Gasteiger partial charge on any atom is 1.00 e. The van der Waals surface area contributed by atoms with E-state index < -0.39 is 10.4 Å². The number of rotatable bonds is 33. The summed E-state index contributed by atoms with van der Waals surface area (Å²) in [6.45, 7) is 4.60. The van der Waals surface area contributed by atoms with E-state index in [1.54, 1.807) is 0 Å². The van der Waals surface area contributed by atoms with Gasteiger partial charge in [-0.2, -0.15) is 0 Å². The van der Waals surface area contributed by atoms with Crippen molar-refractivity contribution in [3.05, 3.63) is 0 Å². The molecular formula is C34H69KO4S. The molecular weight excluding hydrogens is 544 g/mol. The predicted octanol–water partition coefficient (Wildman–Crippen LogP) is 8.83. The Morgan fingerprint density at radius 2 is 0.675 bits per heavy atom. The van der Waals surface area contributed by atoms with Gasteiger partial charge >= 0.3 is 51.4 Å². The predicted molar refractivity (Wildman–Crippen MR) is 169 cm³/mol. The Balaban J connectivity index is 0. The molecule has 4 nitrogen and oxygen atoms in total. The molecule has 6 heteroatoms. The number of hydrogen-bond acceptors (Lipinski definition) is 4. The fourth-order valence-electron chi connectivity index (χ4n) is 5.75. The molecule has 1 unspecified atom stereocenters. The maximum atomic E-state index is 10.9. The zero-order valence-corrected chi connectivity index (χ0v) is 31.5. The second kappa shape index (κ2) is 35.0. The van der Waals surface area contributed by atoms with Crippen molar-refractivity contribution in [2.75, 3.05) is 6.61 Å². The van der Waals surface area contributed by atoms with Gasteiger partial charge in [0, 0.05) is 0 Å². The van der Waals surface area contributed by atoms with Crippen molar-refractivity contribution in [2.45, 2.75) is 206 Å². The van der Waals surface area contributed by atoms with Crippen LogP contribution in [-0.4, -0.2) is 19.6 Å². The third kappa shape index (κ3) is 37.5. The standard InChI is InChI=1S/C34H70O4S.K/c1-3-5-7-9-11-13-14-15-16-17-18-19-20-21-22-23-24-26-28-30-32-34(33-38-39(35,36)37)31-29-27-25-12-10-8-6-4-2;/h34H,3-33H2,1-2H3,(H,35,36,37);/q;+1/p-1. The molecule has 0 aromatic carbocycles. The first-order valence-electron chi connectivity index (χ1n) is 17.6. The molecule has 0 aliphatic heterocycles. The van der Waals surface area contributed by atoms with Crippen LogP contribution in [0.1, 0.15) is 206 Å². The second-order valence-corrected chi connectivity index (χ2v) is 13.4. The van der Waals surface area contributed by atoms with Crippen LogP contribution in [0.4, 0.5) is 0 Å². The quantitative estimate of drug-likeness (QED) is 0.0321. The molecule has 0 spiro atoms. The number of unbranched alkanes of at least 4 members (excludes halogenated alkanes) is 26. The molecule has 0 saturated carbocycles. The van der Waals surface area contributed by atoms with Gasteiger partial charge in [-0.3, -0.25) is 4.18 Å². The molecule has 0 saturated heterocycles. The van der Waals surface area contributed by atoms with Crippen LogP contribution in [0.5, 0.6) is 0 Å². The summed E-state index contributed by atoms with van der Waals surface area (Å²) in [5, 5.41) is 0. The SMILES string of the molecule is CCCCCCCCCCCCCCCCCCCCCCC(CCCCCCCCCC)COS(=O)(=O)[O-].[K+]. The van der Waals surface area contributed by atoms with Crippen LogP contribution in [0, 0.1) is 5.92 Å². The van der Waals surface area contributed by atoms with Crippen molar-refractivity contribution in [2.24, 2.45) is 5.92 Å². The zero-order chi connectivity index (χ0) is 28.7. The van der Waals surface area contributed by atoms with Gasteiger partial charge in [0.25, 0.3) is 0 Å². The Morgan fingerprint density at radius 3 is 0.900 bits per heavy atom. The Hall–Kier alpha value is 1.51. The monoisotopic (exact) mass is 612 g/mol. The van der Waals surface area contributed by atoms with Crippen molar-refractivity contribution in [3.63, 3.8) is 0 Å². The van der Waals surface area contributed by atoms with Gasteiger partial charge in [-0.25, -0.2) is 8.42 Å². The fraction of sp³-hybridized carbons (Fsp3) is 1.00. The van der Waals surface area contributed by atoms with Gasteiger partial charge in [0.05, 0.1) is 6.61 Å². The summed E-state index contributed by atoms with van der Waals surface area (Å²) in [5.41, 5.74) is 0. The summed E-state index contributed by atoms with van der Waals surface area (Å²) in [6.07, 6.45) is 39.7. The van der Waals surface area contributed by atoms with Crippen LogP contribution in [0.3, 0.4) is 0 Å². The third-order valence-electron chi connectivity index (χ3n) is 8.38. The molecule has 236 valence electrons. The minimum atomic E-state index is -4.58. The largest absolute Gasteiger partial charge is 1.00 e. The van der Waals surface area contributed by atoms with Crippen LogP contribution < -0.4 is 51.4 Å². The van der Waals surface area contributed by atoms with Crippen molar-refractivity contribution in [1.82, 2.24) is 0 Å². The van der Waals surface area contributed by atoms with Crippen LogP contribution in [-0.2, 0) is 14.6 Å². The Morgan fingerprint density at radius 1 is 0.450 bits per heavy atom. The zero-order valence-electron chi connectivity index (χ0n) is 27.5. The van der Waals surface area contributed by atoms with Crippen LogP contribution in [0.25, 0.3) is 0 Å². The molecule has 40 heavy (non-hydrogen) atoms. The fourth-order valence-corrected chi connectivity index (χ4v) is 6.10. The molecule has 0 aliphatic carbocycles. The Bertz CT molecular complexity index is 570. The average molecular weight is 613 g/mol. The molecule has 0 radical (unpaired) electrons. The van der Waals surface area contributed by atoms with E-state index in [1.165, 1.54) is 167 Å². The summed E-state index contributed by atoms with van der Waals surface area (Å²) in [5.74, 6) is 0.198. The van der Waals surface area contributed by atoms with Gasteiger partial charge in [-0.05, 0) is 18.8 Å². The first kappa shape index (κ1) is 43.6. The Kier molecular flexibility index (Phi) is 38.2. The molecule has 0 rings (SSSR count). The van der Waals surface area contributed by atoms with E-state index >= 15 is 0 Å². The molecule has 0 amide bonds. The van der Waals surface area contributed by atoms with Crippen molar-refractivity contribution < 1.29 is 68.5 Å². The molecule has 0 fully saturated rings. The molecule has 0 aromatic heterocycles. The molecule has 1 atom stereocenters. The minimum absolute atomic E-state index is 0. The van der Waals surface area contributed by atoms with Crippen molar-refractivity contribution >= 4 is 10.4 Å². The molecule has 0 N–H and O–H groups in total. The molecule has 0 aromatic rings. The van der Waals surface area contributed by atoms with Crippen LogP contribution in [0.2, 0.25) is 0 Å². The first-order chi connectivity index (χ1) is 19.0. The third-order valence-corrected chi connectivity index (χ3v) is 8.80. The van der Waals surface area contributed by atoms with E-state index in [0.29, 0.717) is 0 Å². The van der Waals surface area contributed by atoms with Gasteiger partial charge < -0.3 is 4.55 Å². The summed E-state index contributed by atoms with van der Waals surface area (Å²) < 4.78 is 37.4. The van der Waals surface area contributed by atoms with Gasteiger partial charge in [0.15, 0.2) is 0 Å². The van der Waals surface area contributed by atoms with Crippen molar-refractivity contribution in [1.29, 1.82) is 0 Å². The van der Waals surface area contributed by atoms with E-state index in [9.17, 15) is 13.0 Å². The van der Waals surface area contributed by atoms with E-state index in [4.69, 9.17) is 0 Å². The van der Waals surface area contributed by atoms with Crippen molar-refractivity contribution in [3.8, 4) is 0 Å². The summed E-state index contributed by atoms with van der Waals surface area (Å²) in [4.78, 5) is 0. The summed E-state index contributed by atoms with van der Waals surface area (Å²) in [6, 6.07) is 0. The van der Waals surface area contributed by atoms with E-state index in [-0.39, 0.29) is 63.9 Å². The van der Waals surface area contributed by atoms with Gasteiger partial charge in [-0.1, -0.05) is 194 Å². The average Bonchev–Trinajstić information content (AvgIpc) is 2.91. The number of hydrogen-bond donors (Lipinski definition) is 0. The van der Waals surface area contributed by atoms with Gasteiger partial charge in [0.2, 0.25) is 10.4 Å². The summed E-state index contributed by atoms with van der Waals surface area (Å²) in [7, 11) is -4.58. The topological polar surface area (TPSA) is 66.4 Å². The molecule has 0 aliphatic rings. The van der Waals surface area contributed by atoms with E-state index in [0.717, 1.165) is 25.7 Å². The first-order valence-corrected chi connectivity index (χ1v) is 18.9. The Labute approximate surface area is 295 Å². The van der Waals surface area contributed by atoms with Crippen LogP contribution in [0.15, 0.2) is 0 Å². The van der Waals surface area contributed by atoms with E-state index in [2.05, 4.69) is 18.0 Å². The normalized spacial score (nSPS) is 12.5. The summed E-state index contributed by atoms with van der Waals surface area (Å²) >= 11 is 0. The minimum Gasteiger partial charge on any atom is -0.726 e. The van der Waals surface area contributed by atoms with Crippen LogP contribution >= 0.6 is 0 Å².